The number of hydrogen-bond acceptors (Lipinski definition) is 4. The standard InChI is InChI=1S/C16H24N4OS/c1-4-21-9-13-18-14-10(2)11(3)20(16(17)15(14)19-13)12-5-7-22-8-6-12/h12,17H,4-9H2,1-3H3,(H,18,19). The van der Waals surface area contributed by atoms with Gasteiger partial charge < -0.3 is 14.3 Å². The molecule has 0 spiro atoms. The predicted octanol–water partition coefficient (Wildman–Crippen LogP) is 3.07. The quantitative estimate of drug-likeness (QED) is 0.910. The Labute approximate surface area is 135 Å². The molecule has 0 bridgehead atoms. The highest BCUT2D eigenvalue weighted by molar-refractivity contribution is 7.99. The second-order valence-electron chi connectivity index (χ2n) is 5.82. The minimum absolute atomic E-state index is 0.440. The molecule has 1 aliphatic heterocycles. The van der Waals surface area contributed by atoms with Crippen molar-refractivity contribution < 1.29 is 4.74 Å². The molecule has 2 aromatic heterocycles. The van der Waals surface area contributed by atoms with Crippen molar-refractivity contribution >= 4 is 22.8 Å². The number of thioether (sulfide) groups is 1. The van der Waals surface area contributed by atoms with E-state index in [1.54, 1.807) is 0 Å². The van der Waals surface area contributed by atoms with Gasteiger partial charge in [0.2, 0.25) is 0 Å². The van der Waals surface area contributed by atoms with Gasteiger partial charge in [-0.1, -0.05) is 0 Å². The molecule has 120 valence electrons. The number of aromatic amines is 1. The number of aryl methyl sites for hydroxylation is 1. The first-order valence-corrected chi connectivity index (χ1v) is 9.09. The van der Waals surface area contributed by atoms with Crippen molar-refractivity contribution in [3.8, 4) is 0 Å². The summed E-state index contributed by atoms with van der Waals surface area (Å²) < 4.78 is 7.65. The highest BCUT2D eigenvalue weighted by atomic mass is 32.2. The zero-order valence-corrected chi connectivity index (χ0v) is 14.3. The van der Waals surface area contributed by atoms with Gasteiger partial charge in [0.1, 0.15) is 17.9 Å². The molecule has 0 amide bonds. The largest absolute Gasteiger partial charge is 0.374 e. The molecule has 0 unspecified atom stereocenters. The Kier molecular flexibility index (Phi) is 4.59. The second-order valence-corrected chi connectivity index (χ2v) is 7.04. The fraction of sp³-hybridized carbons (Fsp3) is 0.625. The number of H-pyrrole nitrogens is 1. The number of fused-ring (bicyclic) bond motifs is 1. The third kappa shape index (κ3) is 2.70. The van der Waals surface area contributed by atoms with Crippen LogP contribution in [0.3, 0.4) is 0 Å². The number of rotatable bonds is 4. The van der Waals surface area contributed by atoms with Crippen molar-refractivity contribution in [2.24, 2.45) is 0 Å². The van der Waals surface area contributed by atoms with E-state index in [9.17, 15) is 0 Å². The minimum atomic E-state index is 0.440. The molecule has 1 aliphatic rings. The van der Waals surface area contributed by atoms with Crippen LogP contribution < -0.4 is 5.49 Å². The van der Waals surface area contributed by atoms with Crippen molar-refractivity contribution in [2.45, 2.75) is 46.3 Å². The summed E-state index contributed by atoms with van der Waals surface area (Å²) >= 11 is 2.01. The summed E-state index contributed by atoms with van der Waals surface area (Å²) in [6, 6.07) is 0.440. The van der Waals surface area contributed by atoms with Gasteiger partial charge in [-0.05, 0) is 50.7 Å². The van der Waals surface area contributed by atoms with Crippen molar-refractivity contribution in [2.75, 3.05) is 18.1 Å². The van der Waals surface area contributed by atoms with Crippen molar-refractivity contribution in [3.05, 3.63) is 22.6 Å². The number of pyridine rings is 1. The third-order valence-electron chi connectivity index (χ3n) is 4.49. The average molecular weight is 320 g/mol. The van der Waals surface area contributed by atoms with Crippen LogP contribution in [-0.4, -0.2) is 32.6 Å². The summed E-state index contributed by atoms with van der Waals surface area (Å²) in [5.41, 5.74) is 4.66. The van der Waals surface area contributed by atoms with Crippen molar-refractivity contribution in [3.63, 3.8) is 0 Å². The van der Waals surface area contributed by atoms with Gasteiger partial charge in [0.15, 0.2) is 5.49 Å². The molecule has 0 atom stereocenters. The van der Waals surface area contributed by atoms with Gasteiger partial charge in [-0.2, -0.15) is 11.8 Å². The molecule has 3 heterocycles. The van der Waals surface area contributed by atoms with E-state index in [1.807, 2.05) is 18.7 Å². The second kappa shape index (κ2) is 6.46. The predicted molar refractivity (Wildman–Crippen MR) is 90.3 cm³/mol. The Morgan fingerprint density at radius 3 is 2.77 bits per heavy atom. The molecule has 1 fully saturated rings. The SMILES string of the molecule is CCOCc1nc2c(C)c(C)n(C3CCSCC3)c(=N)c2[nH]1. The summed E-state index contributed by atoms with van der Waals surface area (Å²) in [6.45, 7) is 7.34. The third-order valence-corrected chi connectivity index (χ3v) is 5.54. The van der Waals surface area contributed by atoms with Gasteiger partial charge in [-0.25, -0.2) is 4.98 Å². The molecule has 1 saturated heterocycles. The molecule has 3 rings (SSSR count). The molecule has 0 aliphatic carbocycles. The van der Waals surface area contributed by atoms with Gasteiger partial charge in [-0.3, -0.25) is 5.41 Å². The Balaban J connectivity index is 2.11. The maximum atomic E-state index is 8.65. The van der Waals surface area contributed by atoms with Crippen LogP contribution in [0.4, 0.5) is 0 Å². The molecular formula is C16H24N4OS. The van der Waals surface area contributed by atoms with Crippen LogP contribution in [0.25, 0.3) is 11.0 Å². The number of nitrogens with zero attached hydrogens (tertiary/aromatic N) is 2. The number of nitrogens with one attached hydrogen (secondary N) is 2. The van der Waals surface area contributed by atoms with Crippen LogP contribution in [0.1, 0.15) is 42.9 Å². The number of hydrogen-bond donors (Lipinski definition) is 2. The maximum absolute atomic E-state index is 8.65. The lowest BCUT2D eigenvalue weighted by Crippen LogP contribution is -2.30. The summed E-state index contributed by atoms with van der Waals surface area (Å²) in [6.07, 6.45) is 2.29. The number of aromatic nitrogens is 3. The van der Waals surface area contributed by atoms with E-state index in [1.165, 1.54) is 22.8 Å². The number of imidazole rings is 1. The smallest absolute Gasteiger partial charge is 0.151 e. The molecule has 0 saturated carbocycles. The zero-order chi connectivity index (χ0) is 15.7. The first-order chi connectivity index (χ1) is 10.6. The van der Waals surface area contributed by atoms with Crippen molar-refractivity contribution in [1.29, 1.82) is 5.41 Å². The summed E-state index contributed by atoms with van der Waals surface area (Å²) in [7, 11) is 0. The van der Waals surface area contributed by atoms with E-state index >= 15 is 0 Å². The molecule has 2 N–H and O–H groups in total. The molecule has 2 aromatic rings. The lowest BCUT2D eigenvalue weighted by atomic mass is 10.1. The lowest BCUT2D eigenvalue weighted by Gasteiger charge is -2.27. The van der Waals surface area contributed by atoms with E-state index in [2.05, 4.69) is 28.4 Å². The molecule has 0 aromatic carbocycles. The van der Waals surface area contributed by atoms with Crippen LogP contribution in [0.15, 0.2) is 0 Å². The Morgan fingerprint density at radius 2 is 2.09 bits per heavy atom. The van der Waals surface area contributed by atoms with Gasteiger partial charge in [0.25, 0.3) is 0 Å². The Bertz CT molecular complexity index is 728. The topological polar surface area (TPSA) is 66.7 Å². The fourth-order valence-electron chi connectivity index (χ4n) is 3.17. The first kappa shape index (κ1) is 15.6. The van der Waals surface area contributed by atoms with Crippen LogP contribution >= 0.6 is 11.8 Å². The molecule has 6 heteroatoms. The van der Waals surface area contributed by atoms with Crippen molar-refractivity contribution in [1.82, 2.24) is 14.5 Å². The molecule has 22 heavy (non-hydrogen) atoms. The van der Waals surface area contributed by atoms with Crippen LogP contribution in [0.5, 0.6) is 0 Å². The summed E-state index contributed by atoms with van der Waals surface area (Å²) in [4.78, 5) is 7.94. The van der Waals surface area contributed by atoms with Crippen LogP contribution in [0, 0.1) is 19.3 Å². The molecule has 0 radical (unpaired) electrons. The maximum Gasteiger partial charge on any atom is 0.151 e. The normalized spacial score (nSPS) is 16.5. The highest BCUT2D eigenvalue weighted by Crippen LogP contribution is 2.28. The minimum Gasteiger partial charge on any atom is -0.374 e. The van der Waals surface area contributed by atoms with Gasteiger partial charge in [0.05, 0.1) is 5.52 Å². The van der Waals surface area contributed by atoms with Crippen LogP contribution in [0.2, 0.25) is 0 Å². The van der Waals surface area contributed by atoms with Crippen LogP contribution in [-0.2, 0) is 11.3 Å². The zero-order valence-electron chi connectivity index (χ0n) is 13.5. The summed E-state index contributed by atoms with van der Waals surface area (Å²) in [5, 5.41) is 8.65. The Morgan fingerprint density at radius 1 is 1.36 bits per heavy atom. The van der Waals surface area contributed by atoms with E-state index in [0.717, 1.165) is 29.7 Å². The van der Waals surface area contributed by atoms with E-state index < -0.39 is 0 Å². The van der Waals surface area contributed by atoms with E-state index in [0.29, 0.717) is 24.7 Å². The lowest BCUT2D eigenvalue weighted by molar-refractivity contribution is 0.129. The fourth-order valence-corrected chi connectivity index (χ4v) is 4.25. The van der Waals surface area contributed by atoms with Gasteiger partial charge >= 0.3 is 0 Å². The molecular weight excluding hydrogens is 296 g/mol. The van der Waals surface area contributed by atoms with E-state index in [4.69, 9.17) is 10.1 Å². The first-order valence-electron chi connectivity index (χ1n) is 7.93. The number of ether oxygens (including phenoxy) is 1. The highest BCUT2D eigenvalue weighted by Gasteiger charge is 2.21. The van der Waals surface area contributed by atoms with Gasteiger partial charge in [-0.15, -0.1) is 0 Å². The monoisotopic (exact) mass is 320 g/mol. The average Bonchev–Trinajstić information content (AvgIpc) is 2.97. The van der Waals surface area contributed by atoms with Gasteiger partial charge in [0, 0.05) is 18.3 Å². The summed E-state index contributed by atoms with van der Waals surface area (Å²) in [5.74, 6) is 3.18. The Hall–Kier alpha value is -1.27. The molecule has 5 nitrogen and oxygen atoms in total. The van der Waals surface area contributed by atoms with E-state index in [-0.39, 0.29) is 0 Å².